The van der Waals surface area contributed by atoms with Gasteiger partial charge in [-0.1, -0.05) is 54.6 Å². The maximum Gasteiger partial charge on any atom is 0.295 e. The van der Waals surface area contributed by atoms with Gasteiger partial charge in [-0.05, 0) is 31.0 Å². The molecular weight excluding hydrogens is 430 g/mol. The van der Waals surface area contributed by atoms with Crippen LogP contribution in [0, 0.1) is 6.92 Å². The topological polar surface area (TPSA) is 84.7 Å². The van der Waals surface area contributed by atoms with E-state index in [1.54, 1.807) is 47.8 Å². The zero-order valence-electron chi connectivity index (χ0n) is 19.1. The normalized spacial score (nSPS) is 17.2. The van der Waals surface area contributed by atoms with Gasteiger partial charge in [0.2, 0.25) is 0 Å². The molecule has 0 spiro atoms. The molecule has 1 saturated heterocycles. The van der Waals surface area contributed by atoms with Crippen LogP contribution in [0.5, 0.6) is 5.75 Å². The molecule has 0 radical (unpaired) electrons. The van der Waals surface area contributed by atoms with Gasteiger partial charge in [0, 0.05) is 31.0 Å². The number of carbonyl (C=O) groups excluding carboxylic acids is 2. The maximum absolute atomic E-state index is 13.1. The minimum Gasteiger partial charge on any atom is -0.507 e. The summed E-state index contributed by atoms with van der Waals surface area (Å²) in [6.45, 7) is 6.97. The first-order valence-electron chi connectivity index (χ1n) is 11.1. The summed E-state index contributed by atoms with van der Waals surface area (Å²) in [6.07, 6.45) is 7.55. The van der Waals surface area contributed by atoms with Crippen molar-refractivity contribution < 1.29 is 19.4 Å². The fraction of sp³-hybridized carbons (Fsp3) is 0.222. The van der Waals surface area contributed by atoms with Gasteiger partial charge in [0.15, 0.2) is 0 Å². The molecule has 7 nitrogen and oxygen atoms in total. The highest BCUT2D eigenvalue weighted by molar-refractivity contribution is 6.46. The Morgan fingerprint density at radius 1 is 1.12 bits per heavy atom. The molecule has 1 aliphatic rings. The number of rotatable bonds is 9. The Balaban J connectivity index is 1.70. The minimum absolute atomic E-state index is 0.0937. The molecule has 0 aliphatic carbocycles. The van der Waals surface area contributed by atoms with Crippen molar-refractivity contribution >= 4 is 17.4 Å². The fourth-order valence-electron chi connectivity index (χ4n) is 4.07. The monoisotopic (exact) mass is 457 g/mol. The van der Waals surface area contributed by atoms with Crippen LogP contribution in [0.1, 0.15) is 29.2 Å². The lowest BCUT2D eigenvalue weighted by Gasteiger charge is -2.25. The van der Waals surface area contributed by atoms with Crippen LogP contribution in [0.4, 0.5) is 0 Å². The molecule has 1 N–H and O–H groups in total. The number of benzene rings is 2. The van der Waals surface area contributed by atoms with Crippen LogP contribution in [0.2, 0.25) is 0 Å². The van der Waals surface area contributed by atoms with Crippen LogP contribution in [0.15, 0.2) is 85.5 Å². The summed E-state index contributed by atoms with van der Waals surface area (Å²) in [7, 11) is 0. The van der Waals surface area contributed by atoms with E-state index in [2.05, 4.69) is 11.6 Å². The number of nitrogens with zero attached hydrogens (tertiary/aromatic N) is 3. The van der Waals surface area contributed by atoms with Crippen molar-refractivity contribution in [3.8, 4) is 5.75 Å². The zero-order valence-corrected chi connectivity index (χ0v) is 19.1. The highest BCUT2D eigenvalue weighted by atomic mass is 16.5. The average Bonchev–Trinajstić information content (AvgIpc) is 3.45. The summed E-state index contributed by atoms with van der Waals surface area (Å²) >= 11 is 0. The number of ketones is 1. The van der Waals surface area contributed by atoms with Crippen molar-refractivity contribution in [2.45, 2.75) is 25.9 Å². The molecule has 3 aromatic rings. The van der Waals surface area contributed by atoms with Gasteiger partial charge in [0.25, 0.3) is 11.7 Å². The standard InChI is InChI=1S/C27H27N3O4/c1-3-17-34-22-11-9-20(10-12-22)24-23(25(31)21-7-5-19(2)6-8-21)26(32)27(33)30(24)15-4-14-29-16-13-28-18-29/h3,5-13,16,18,24,31H,1,4,14-15,17H2,2H3/b25-23+. The average molecular weight is 458 g/mol. The molecule has 2 heterocycles. The van der Waals surface area contributed by atoms with E-state index in [0.29, 0.717) is 37.4 Å². The number of Topliss-reactive ketones (excluding diaryl/α,β-unsaturated/α-hetero) is 1. The van der Waals surface area contributed by atoms with Gasteiger partial charge in [-0.3, -0.25) is 9.59 Å². The van der Waals surface area contributed by atoms with Crippen molar-refractivity contribution in [1.29, 1.82) is 0 Å². The van der Waals surface area contributed by atoms with E-state index in [1.807, 2.05) is 42.0 Å². The molecule has 34 heavy (non-hydrogen) atoms. The van der Waals surface area contributed by atoms with E-state index in [-0.39, 0.29) is 11.3 Å². The van der Waals surface area contributed by atoms with Crippen LogP contribution in [-0.4, -0.2) is 44.4 Å². The Hall–Kier alpha value is -4.13. The molecule has 174 valence electrons. The highest BCUT2D eigenvalue weighted by Crippen LogP contribution is 2.40. The van der Waals surface area contributed by atoms with Crippen LogP contribution in [-0.2, 0) is 16.1 Å². The number of hydrogen-bond acceptors (Lipinski definition) is 5. The molecule has 4 rings (SSSR count). The molecule has 1 aromatic heterocycles. The van der Waals surface area contributed by atoms with Crippen LogP contribution < -0.4 is 4.74 Å². The minimum atomic E-state index is -0.697. The second-order valence-electron chi connectivity index (χ2n) is 8.18. The number of amides is 1. The molecule has 0 saturated carbocycles. The predicted octanol–water partition coefficient (Wildman–Crippen LogP) is 4.27. The van der Waals surface area contributed by atoms with E-state index in [0.717, 1.165) is 11.1 Å². The van der Waals surface area contributed by atoms with E-state index in [9.17, 15) is 14.7 Å². The van der Waals surface area contributed by atoms with Gasteiger partial charge in [0.1, 0.15) is 18.1 Å². The zero-order chi connectivity index (χ0) is 24.1. The molecule has 0 bridgehead atoms. The molecule has 7 heteroatoms. The lowest BCUT2D eigenvalue weighted by atomic mass is 9.95. The number of aliphatic hydroxyl groups is 1. The maximum atomic E-state index is 13.1. The van der Waals surface area contributed by atoms with Gasteiger partial charge in [-0.15, -0.1) is 0 Å². The number of carbonyl (C=O) groups is 2. The number of likely N-dealkylation sites (tertiary alicyclic amines) is 1. The fourth-order valence-corrected chi connectivity index (χ4v) is 4.07. The first kappa shape index (κ1) is 23.0. The smallest absolute Gasteiger partial charge is 0.295 e. The third-order valence-corrected chi connectivity index (χ3v) is 5.80. The number of aliphatic hydroxyl groups excluding tert-OH is 1. The Bertz CT molecular complexity index is 1200. The number of hydrogen-bond donors (Lipinski definition) is 1. The van der Waals surface area contributed by atoms with Crippen molar-refractivity contribution in [3.63, 3.8) is 0 Å². The molecule has 2 aromatic carbocycles. The van der Waals surface area contributed by atoms with Crippen molar-refractivity contribution in [2.24, 2.45) is 0 Å². The third kappa shape index (κ3) is 4.78. The van der Waals surface area contributed by atoms with E-state index < -0.39 is 17.7 Å². The van der Waals surface area contributed by atoms with Gasteiger partial charge < -0.3 is 19.3 Å². The molecule has 1 unspecified atom stereocenters. The number of ether oxygens (including phenoxy) is 1. The van der Waals surface area contributed by atoms with Crippen LogP contribution >= 0.6 is 0 Å². The predicted molar refractivity (Wildman–Crippen MR) is 129 cm³/mol. The summed E-state index contributed by atoms with van der Waals surface area (Å²) in [6, 6.07) is 13.7. The summed E-state index contributed by atoms with van der Waals surface area (Å²) in [5.74, 6) is -0.819. The van der Waals surface area contributed by atoms with Gasteiger partial charge in [-0.2, -0.15) is 0 Å². The Morgan fingerprint density at radius 3 is 2.50 bits per heavy atom. The molecule has 1 aliphatic heterocycles. The lowest BCUT2D eigenvalue weighted by molar-refractivity contribution is -0.139. The number of aromatic nitrogens is 2. The third-order valence-electron chi connectivity index (χ3n) is 5.80. The summed E-state index contributed by atoms with van der Waals surface area (Å²) in [5.41, 5.74) is 2.35. The molecule has 1 amide bonds. The van der Waals surface area contributed by atoms with Crippen molar-refractivity contribution in [2.75, 3.05) is 13.2 Å². The van der Waals surface area contributed by atoms with Crippen LogP contribution in [0.25, 0.3) is 5.76 Å². The number of imidazole rings is 1. The summed E-state index contributed by atoms with van der Waals surface area (Å²) in [4.78, 5) is 31.8. The Labute approximate surface area is 198 Å². The first-order valence-corrected chi connectivity index (χ1v) is 11.1. The molecular formula is C27H27N3O4. The largest absolute Gasteiger partial charge is 0.507 e. The Morgan fingerprint density at radius 2 is 1.85 bits per heavy atom. The second kappa shape index (κ2) is 10.2. The highest BCUT2D eigenvalue weighted by Gasteiger charge is 2.45. The van der Waals surface area contributed by atoms with E-state index in [4.69, 9.17) is 4.74 Å². The van der Waals surface area contributed by atoms with Gasteiger partial charge >= 0.3 is 0 Å². The SMILES string of the molecule is C=CCOc1ccc(C2/C(=C(\O)c3ccc(C)cc3)C(=O)C(=O)N2CCCn2ccnc2)cc1. The number of aryl methyl sites for hydroxylation is 2. The van der Waals surface area contributed by atoms with E-state index in [1.165, 1.54) is 0 Å². The van der Waals surface area contributed by atoms with Crippen molar-refractivity contribution in [1.82, 2.24) is 14.5 Å². The van der Waals surface area contributed by atoms with Gasteiger partial charge in [0.05, 0.1) is 17.9 Å². The first-order chi connectivity index (χ1) is 16.5. The van der Waals surface area contributed by atoms with Crippen LogP contribution in [0.3, 0.4) is 0 Å². The van der Waals surface area contributed by atoms with E-state index >= 15 is 0 Å². The summed E-state index contributed by atoms with van der Waals surface area (Å²) in [5, 5.41) is 11.1. The molecule has 1 fully saturated rings. The molecule has 1 atom stereocenters. The van der Waals surface area contributed by atoms with Crippen molar-refractivity contribution in [3.05, 3.63) is 102 Å². The Kier molecular flexibility index (Phi) is 6.92. The van der Waals surface area contributed by atoms with Gasteiger partial charge in [-0.25, -0.2) is 4.98 Å². The summed E-state index contributed by atoms with van der Waals surface area (Å²) < 4.78 is 7.49. The lowest BCUT2D eigenvalue weighted by Crippen LogP contribution is -2.31. The second-order valence-corrected chi connectivity index (χ2v) is 8.18. The quantitative estimate of drug-likeness (QED) is 0.225.